The van der Waals surface area contributed by atoms with Crippen molar-refractivity contribution in [3.8, 4) is 23.0 Å². The van der Waals surface area contributed by atoms with Crippen LogP contribution >= 0.6 is 11.6 Å². The maximum atomic E-state index is 14.6. The highest BCUT2D eigenvalue weighted by Crippen LogP contribution is 2.23. The lowest BCUT2D eigenvalue weighted by Crippen LogP contribution is -2.42. The number of rotatable bonds is 3. The maximum Gasteiger partial charge on any atom is 0.193 e. The van der Waals surface area contributed by atoms with Gasteiger partial charge in [-0.1, -0.05) is 36.6 Å². The van der Waals surface area contributed by atoms with Gasteiger partial charge in [-0.25, -0.2) is 9.37 Å². The van der Waals surface area contributed by atoms with Gasteiger partial charge in [0, 0.05) is 35.0 Å². The topological polar surface area (TPSA) is 66.6 Å². The number of hydrogen-bond acceptors (Lipinski definition) is 5. The van der Waals surface area contributed by atoms with Crippen LogP contribution in [-0.2, 0) is 6.54 Å². The molecule has 0 spiro atoms. The lowest BCUT2D eigenvalue weighted by Gasteiger charge is -2.33. The van der Waals surface area contributed by atoms with Gasteiger partial charge in [0.2, 0.25) is 0 Å². The minimum Gasteiger partial charge on any atom is -0.459 e. The van der Waals surface area contributed by atoms with Gasteiger partial charge in [0.25, 0.3) is 0 Å². The fourth-order valence-electron chi connectivity index (χ4n) is 4.30. The highest BCUT2D eigenvalue weighted by molar-refractivity contribution is 6.30. The summed E-state index contributed by atoms with van der Waals surface area (Å²) in [5.41, 5.74) is 2.30. The largest absolute Gasteiger partial charge is 0.459 e. The first-order chi connectivity index (χ1) is 17.4. The van der Waals surface area contributed by atoms with Gasteiger partial charge < -0.3 is 9.52 Å². The van der Waals surface area contributed by atoms with Gasteiger partial charge in [0.15, 0.2) is 11.2 Å². The summed E-state index contributed by atoms with van der Waals surface area (Å²) in [4.78, 5) is 19.0. The number of piperidine rings is 1. The van der Waals surface area contributed by atoms with Crippen LogP contribution < -0.4 is 5.43 Å². The Hall–Kier alpha value is -3.50. The molecule has 5 nitrogen and oxygen atoms in total. The number of aliphatic hydroxyl groups excluding tert-OH is 1. The standard InChI is InChI=1S/C29H24ClFN2O3/c1-18-10-11-33(17-28(18)35)16-23-14-27(34)24-12-19(3-9-29(24)36-23)2-8-26-25(31)13-21(15-32-26)20-4-6-22(30)7-5-20/h3-7,9,12-15,18,28,35H,10-11,16-17H2,1H3/t18?,28-/m1/s1. The lowest BCUT2D eigenvalue weighted by molar-refractivity contribution is 0.0234. The van der Waals surface area contributed by atoms with Crippen molar-refractivity contribution in [1.29, 1.82) is 0 Å². The minimum atomic E-state index is -0.530. The summed E-state index contributed by atoms with van der Waals surface area (Å²) in [6.07, 6.45) is 2.09. The minimum absolute atomic E-state index is 0.0215. The molecule has 0 amide bonds. The molecule has 1 aliphatic rings. The van der Waals surface area contributed by atoms with Crippen LogP contribution in [0.4, 0.5) is 4.39 Å². The molecule has 36 heavy (non-hydrogen) atoms. The molecule has 1 aliphatic heterocycles. The van der Waals surface area contributed by atoms with Gasteiger partial charge in [0.05, 0.1) is 18.0 Å². The zero-order chi connectivity index (χ0) is 25.2. The number of halogens is 2. The lowest BCUT2D eigenvalue weighted by atomic mass is 9.96. The Kier molecular flexibility index (Phi) is 6.88. The molecule has 1 unspecified atom stereocenters. The van der Waals surface area contributed by atoms with E-state index in [9.17, 15) is 14.3 Å². The molecule has 0 radical (unpaired) electrons. The van der Waals surface area contributed by atoms with Crippen molar-refractivity contribution in [2.24, 2.45) is 5.92 Å². The van der Waals surface area contributed by atoms with Crippen molar-refractivity contribution in [2.45, 2.75) is 26.0 Å². The van der Waals surface area contributed by atoms with E-state index in [-0.39, 0.29) is 23.1 Å². The first-order valence-corrected chi connectivity index (χ1v) is 12.1. The summed E-state index contributed by atoms with van der Waals surface area (Å²) in [6.45, 7) is 3.91. The summed E-state index contributed by atoms with van der Waals surface area (Å²) in [6, 6.07) is 15.0. The smallest absolute Gasteiger partial charge is 0.193 e. The zero-order valence-corrected chi connectivity index (χ0v) is 20.4. The third-order valence-electron chi connectivity index (χ3n) is 6.50. The summed E-state index contributed by atoms with van der Waals surface area (Å²) in [7, 11) is 0. The molecule has 0 bridgehead atoms. The molecule has 2 aromatic heterocycles. The second-order valence-electron chi connectivity index (χ2n) is 9.17. The molecule has 1 fully saturated rings. The number of hydrogen-bond donors (Lipinski definition) is 1. The molecule has 5 rings (SSSR count). The van der Waals surface area contributed by atoms with Gasteiger partial charge >= 0.3 is 0 Å². The molecule has 1 N–H and O–H groups in total. The molecule has 1 saturated heterocycles. The van der Waals surface area contributed by atoms with Crippen molar-refractivity contribution in [2.75, 3.05) is 13.1 Å². The third-order valence-corrected chi connectivity index (χ3v) is 6.76. The normalized spacial score (nSPS) is 18.1. The molecular weight excluding hydrogens is 479 g/mol. The Balaban J connectivity index is 1.35. The number of fused-ring (bicyclic) bond motifs is 1. The van der Waals surface area contributed by atoms with Gasteiger partial charge in [-0.2, -0.15) is 0 Å². The fourth-order valence-corrected chi connectivity index (χ4v) is 4.43. The molecule has 2 atom stereocenters. The van der Waals surface area contributed by atoms with E-state index in [1.807, 2.05) is 6.92 Å². The molecule has 7 heteroatoms. The van der Waals surface area contributed by atoms with Crippen molar-refractivity contribution in [3.63, 3.8) is 0 Å². The predicted molar refractivity (Wildman–Crippen MR) is 138 cm³/mol. The van der Waals surface area contributed by atoms with Crippen LogP contribution in [-0.4, -0.2) is 34.2 Å². The van der Waals surface area contributed by atoms with Gasteiger partial charge in [-0.05, 0) is 66.8 Å². The van der Waals surface area contributed by atoms with Crippen LogP contribution in [0.25, 0.3) is 22.1 Å². The second kappa shape index (κ2) is 10.2. The van der Waals surface area contributed by atoms with Crippen molar-refractivity contribution < 1.29 is 13.9 Å². The third kappa shape index (κ3) is 5.34. The summed E-state index contributed by atoms with van der Waals surface area (Å²) >= 11 is 5.91. The highest BCUT2D eigenvalue weighted by atomic mass is 35.5. The number of β-amino-alcohol motifs (C(OH)–C–C–N with tert-alkyl or cyclic N) is 1. The molecule has 0 aliphatic carbocycles. The van der Waals surface area contributed by atoms with Crippen molar-refractivity contribution in [3.05, 3.63) is 98.9 Å². The molecular formula is C29H24ClFN2O3. The predicted octanol–water partition coefficient (Wildman–Crippen LogP) is 5.25. The van der Waals surface area contributed by atoms with E-state index in [0.29, 0.717) is 46.0 Å². The van der Waals surface area contributed by atoms with Crippen LogP contribution in [0.3, 0.4) is 0 Å². The Bertz CT molecular complexity index is 1540. The monoisotopic (exact) mass is 502 g/mol. The molecule has 2 aromatic carbocycles. The summed E-state index contributed by atoms with van der Waals surface area (Å²) in [5, 5.41) is 11.1. The summed E-state index contributed by atoms with van der Waals surface area (Å²) in [5.74, 6) is 5.94. The van der Waals surface area contributed by atoms with Crippen LogP contribution in [0.2, 0.25) is 5.02 Å². The van der Waals surface area contributed by atoms with Crippen LogP contribution in [0.1, 0.15) is 30.4 Å². The SMILES string of the molecule is CC1CCN(Cc2cc(=O)c3cc(C#Cc4ncc(-c5ccc(Cl)cc5)cc4F)ccc3o2)C[C@H]1O. The maximum absolute atomic E-state index is 14.6. The Morgan fingerprint density at radius 2 is 1.94 bits per heavy atom. The number of nitrogens with zero attached hydrogens (tertiary/aromatic N) is 2. The van der Waals surface area contributed by atoms with Gasteiger partial charge in [-0.3, -0.25) is 9.69 Å². The molecule has 4 aromatic rings. The molecule has 3 heterocycles. The van der Waals surface area contributed by atoms with E-state index in [0.717, 1.165) is 18.5 Å². The van der Waals surface area contributed by atoms with E-state index < -0.39 is 5.82 Å². The van der Waals surface area contributed by atoms with Gasteiger partial charge in [0.1, 0.15) is 17.0 Å². The average molecular weight is 503 g/mol. The number of pyridine rings is 1. The number of benzene rings is 2. The Morgan fingerprint density at radius 1 is 1.14 bits per heavy atom. The summed E-state index contributed by atoms with van der Waals surface area (Å²) < 4.78 is 20.6. The van der Waals surface area contributed by atoms with E-state index in [2.05, 4.69) is 21.7 Å². The number of likely N-dealkylation sites (tertiary alicyclic amines) is 1. The van der Waals surface area contributed by atoms with Crippen LogP contribution in [0, 0.1) is 23.6 Å². The quantitative estimate of drug-likeness (QED) is 0.388. The molecule has 182 valence electrons. The van der Waals surface area contributed by atoms with Crippen molar-refractivity contribution in [1.82, 2.24) is 9.88 Å². The van der Waals surface area contributed by atoms with Crippen LogP contribution in [0.15, 0.2) is 70.0 Å². The number of aliphatic hydroxyl groups is 1. The zero-order valence-electron chi connectivity index (χ0n) is 19.7. The Morgan fingerprint density at radius 3 is 2.69 bits per heavy atom. The second-order valence-corrected chi connectivity index (χ2v) is 9.60. The van der Waals surface area contributed by atoms with E-state index in [4.69, 9.17) is 16.0 Å². The average Bonchev–Trinajstić information content (AvgIpc) is 2.86. The van der Waals surface area contributed by atoms with Crippen LogP contribution in [0.5, 0.6) is 0 Å². The molecule has 0 saturated carbocycles. The fraction of sp³-hybridized carbons (Fsp3) is 0.241. The van der Waals surface area contributed by atoms with Gasteiger partial charge in [-0.15, -0.1) is 0 Å². The van der Waals surface area contributed by atoms with E-state index >= 15 is 0 Å². The van der Waals surface area contributed by atoms with E-state index in [1.165, 1.54) is 12.1 Å². The first-order valence-electron chi connectivity index (χ1n) is 11.8. The first kappa shape index (κ1) is 24.2. The highest BCUT2D eigenvalue weighted by Gasteiger charge is 2.24. The Labute approximate surface area is 213 Å². The van der Waals surface area contributed by atoms with E-state index in [1.54, 1.807) is 48.7 Å². The van der Waals surface area contributed by atoms with Crippen molar-refractivity contribution >= 4 is 22.6 Å². The number of aromatic nitrogens is 1.